The first kappa shape index (κ1) is 18.2. The zero-order valence-electron chi connectivity index (χ0n) is 14.8. The van der Waals surface area contributed by atoms with E-state index < -0.39 is 6.04 Å². The van der Waals surface area contributed by atoms with Crippen LogP contribution in [-0.4, -0.2) is 12.0 Å². The second kappa shape index (κ2) is 9.21. The molecule has 0 unspecified atom stereocenters. The van der Waals surface area contributed by atoms with E-state index in [1.54, 1.807) is 24.3 Å². The molecule has 3 rings (SSSR count). The normalized spacial score (nSPS) is 11.2. The highest BCUT2D eigenvalue weighted by Crippen LogP contribution is 2.14. The fourth-order valence-corrected chi connectivity index (χ4v) is 2.71. The highest BCUT2D eigenvalue weighted by molar-refractivity contribution is 5.79. The Morgan fingerprint density at radius 2 is 1.48 bits per heavy atom. The Balaban J connectivity index is 1.71. The van der Waals surface area contributed by atoms with Gasteiger partial charge in [0.2, 0.25) is 0 Å². The lowest BCUT2D eigenvalue weighted by Gasteiger charge is -2.19. The van der Waals surface area contributed by atoms with Crippen LogP contribution in [0.2, 0.25) is 0 Å². The molecule has 0 aromatic heterocycles. The number of hydrogen-bond donors (Lipinski definition) is 1. The number of esters is 1. The third-order valence-electron chi connectivity index (χ3n) is 4.15. The molecule has 0 aliphatic heterocycles. The van der Waals surface area contributed by atoms with Crippen molar-refractivity contribution in [1.82, 2.24) is 0 Å². The molecular formula is C23H20N2O2. The average Bonchev–Trinajstić information content (AvgIpc) is 2.73. The van der Waals surface area contributed by atoms with Crippen molar-refractivity contribution in [1.29, 1.82) is 5.26 Å². The molecule has 4 nitrogen and oxygen atoms in total. The van der Waals surface area contributed by atoms with Gasteiger partial charge in [-0.15, -0.1) is 0 Å². The van der Waals surface area contributed by atoms with Gasteiger partial charge in [0, 0.05) is 12.1 Å². The van der Waals surface area contributed by atoms with E-state index in [1.165, 1.54) is 0 Å². The van der Waals surface area contributed by atoms with Gasteiger partial charge in [-0.25, -0.2) is 4.79 Å². The van der Waals surface area contributed by atoms with Crippen LogP contribution in [0.3, 0.4) is 0 Å². The van der Waals surface area contributed by atoms with Crippen molar-refractivity contribution in [2.45, 2.75) is 19.1 Å². The van der Waals surface area contributed by atoms with Crippen molar-refractivity contribution in [2.75, 3.05) is 5.32 Å². The maximum Gasteiger partial charge on any atom is 0.329 e. The van der Waals surface area contributed by atoms with Gasteiger partial charge in [0.05, 0.1) is 11.6 Å². The minimum atomic E-state index is -0.524. The number of anilines is 1. The summed E-state index contributed by atoms with van der Waals surface area (Å²) in [5.74, 6) is -0.313. The third kappa shape index (κ3) is 5.45. The van der Waals surface area contributed by atoms with E-state index >= 15 is 0 Å². The topological polar surface area (TPSA) is 62.1 Å². The number of carbonyl (C=O) groups excluding carboxylic acids is 1. The van der Waals surface area contributed by atoms with Gasteiger partial charge < -0.3 is 10.1 Å². The van der Waals surface area contributed by atoms with E-state index in [9.17, 15) is 4.79 Å². The van der Waals surface area contributed by atoms with Gasteiger partial charge in [0.25, 0.3) is 0 Å². The zero-order valence-corrected chi connectivity index (χ0v) is 14.8. The van der Waals surface area contributed by atoms with Crippen LogP contribution in [0.15, 0.2) is 84.9 Å². The van der Waals surface area contributed by atoms with Crippen molar-refractivity contribution < 1.29 is 9.53 Å². The quantitative estimate of drug-likeness (QED) is 0.640. The van der Waals surface area contributed by atoms with Crippen LogP contribution in [0.1, 0.15) is 16.7 Å². The third-order valence-corrected chi connectivity index (χ3v) is 4.15. The summed E-state index contributed by atoms with van der Waals surface area (Å²) in [6.45, 7) is 0.236. The van der Waals surface area contributed by atoms with E-state index in [0.29, 0.717) is 12.0 Å². The van der Waals surface area contributed by atoms with Crippen LogP contribution in [0.25, 0.3) is 0 Å². The summed E-state index contributed by atoms with van der Waals surface area (Å²) in [6.07, 6.45) is 0.508. The molecule has 0 heterocycles. The van der Waals surface area contributed by atoms with Gasteiger partial charge in [-0.2, -0.15) is 5.26 Å². The van der Waals surface area contributed by atoms with Crippen molar-refractivity contribution >= 4 is 11.7 Å². The number of nitriles is 1. The first-order valence-corrected chi connectivity index (χ1v) is 8.76. The predicted molar refractivity (Wildman–Crippen MR) is 105 cm³/mol. The Kier molecular flexibility index (Phi) is 6.21. The number of ether oxygens (including phenoxy) is 1. The monoisotopic (exact) mass is 356 g/mol. The largest absolute Gasteiger partial charge is 0.459 e. The summed E-state index contributed by atoms with van der Waals surface area (Å²) in [7, 11) is 0. The lowest BCUT2D eigenvalue weighted by Crippen LogP contribution is -2.33. The number of nitrogens with one attached hydrogen (secondary N) is 1. The molecule has 0 amide bonds. The van der Waals surface area contributed by atoms with E-state index in [2.05, 4.69) is 11.4 Å². The molecular weight excluding hydrogens is 336 g/mol. The fraction of sp³-hybridized carbons (Fsp3) is 0.130. The van der Waals surface area contributed by atoms with Gasteiger partial charge in [-0.05, 0) is 35.4 Å². The summed E-state index contributed by atoms with van der Waals surface area (Å²) in [6, 6.07) is 28.0. The molecule has 0 saturated heterocycles. The minimum Gasteiger partial charge on any atom is -0.459 e. The summed E-state index contributed by atoms with van der Waals surface area (Å²) < 4.78 is 5.53. The Morgan fingerprint density at radius 1 is 0.889 bits per heavy atom. The minimum absolute atomic E-state index is 0.236. The standard InChI is InChI=1S/C23H20N2O2/c24-16-19-11-13-21(14-12-19)25-22(15-18-7-3-1-4-8-18)23(26)27-17-20-9-5-2-6-10-20/h1-14,22,25H,15,17H2/t22-/m0/s1. The summed E-state index contributed by atoms with van der Waals surface area (Å²) in [4.78, 5) is 12.7. The lowest BCUT2D eigenvalue weighted by atomic mass is 10.1. The fourth-order valence-electron chi connectivity index (χ4n) is 2.71. The van der Waals surface area contributed by atoms with E-state index in [4.69, 9.17) is 10.00 Å². The highest BCUT2D eigenvalue weighted by Gasteiger charge is 2.20. The first-order valence-electron chi connectivity index (χ1n) is 8.76. The molecule has 0 radical (unpaired) electrons. The van der Waals surface area contributed by atoms with Gasteiger partial charge >= 0.3 is 5.97 Å². The maximum absolute atomic E-state index is 12.7. The summed E-state index contributed by atoms with van der Waals surface area (Å²) in [5, 5.41) is 12.2. The Morgan fingerprint density at radius 3 is 2.07 bits per heavy atom. The van der Waals surface area contributed by atoms with Crippen molar-refractivity contribution in [3.8, 4) is 6.07 Å². The van der Waals surface area contributed by atoms with Crippen molar-refractivity contribution in [3.63, 3.8) is 0 Å². The number of hydrogen-bond acceptors (Lipinski definition) is 4. The molecule has 1 N–H and O–H groups in total. The second-order valence-corrected chi connectivity index (χ2v) is 6.17. The van der Waals surface area contributed by atoms with Gasteiger partial charge in [-0.3, -0.25) is 0 Å². The Hall–Kier alpha value is -3.58. The summed E-state index contributed by atoms with van der Waals surface area (Å²) >= 11 is 0. The molecule has 0 aliphatic carbocycles. The second-order valence-electron chi connectivity index (χ2n) is 6.17. The predicted octanol–water partition coefficient (Wildman–Crippen LogP) is 4.32. The number of nitrogens with zero attached hydrogens (tertiary/aromatic N) is 1. The number of carbonyl (C=O) groups is 1. The van der Waals surface area contributed by atoms with Crippen LogP contribution >= 0.6 is 0 Å². The van der Waals surface area contributed by atoms with Crippen LogP contribution < -0.4 is 5.32 Å². The highest BCUT2D eigenvalue weighted by atomic mass is 16.5. The van der Waals surface area contributed by atoms with Crippen LogP contribution in [0.5, 0.6) is 0 Å². The van der Waals surface area contributed by atoms with Gasteiger partial charge in [-0.1, -0.05) is 60.7 Å². The Labute approximate surface area is 159 Å². The molecule has 1 atom stereocenters. The average molecular weight is 356 g/mol. The molecule has 0 spiro atoms. The van der Waals surface area contributed by atoms with E-state index in [1.807, 2.05) is 60.7 Å². The molecule has 4 heteroatoms. The molecule has 0 saturated carbocycles. The molecule has 134 valence electrons. The van der Waals surface area contributed by atoms with Crippen LogP contribution in [0.4, 0.5) is 5.69 Å². The van der Waals surface area contributed by atoms with E-state index in [-0.39, 0.29) is 12.6 Å². The SMILES string of the molecule is N#Cc1ccc(N[C@@H](Cc2ccccc2)C(=O)OCc2ccccc2)cc1. The molecule has 0 fully saturated rings. The van der Waals surface area contributed by atoms with Crippen molar-refractivity contribution in [2.24, 2.45) is 0 Å². The van der Waals surface area contributed by atoms with Crippen LogP contribution in [0, 0.1) is 11.3 Å². The lowest BCUT2D eigenvalue weighted by molar-refractivity contribution is -0.145. The molecule has 0 bridgehead atoms. The van der Waals surface area contributed by atoms with Crippen molar-refractivity contribution in [3.05, 3.63) is 102 Å². The van der Waals surface area contributed by atoms with Gasteiger partial charge in [0.1, 0.15) is 12.6 Å². The maximum atomic E-state index is 12.7. The summed E-state index contributed by atoms with van der Waals surface area (Å²) in [5.41, 5.74) is 3.33. The smallest absolute Gasteiger partial charge is 0.329 e. The van der Waals surface area contributed by atoms with Crippen LogP contribution in [-0.2, 0) is 22.6 Å². The molecule has 3 aromatic rings. The molecule has 3 aromatic carbocycles. The molecule has 27 heavy (non-hydrogen) atoms. The van der Waals surface area contributed by atoms with E-state index in [0.717, 1.165) is 16.8 Å². The Bertz CT molecular complexity index is 901. The first-order chi connectivity index (χ1) is 13.2. The van der Waals surface area contributed by atoms with Gasteiger partial charge in [0.15, 0.2) is 0 Å². The number of benzene rings is 3. The zero-order chi connectivity index (χ0) is 18.9. The number of rotatable bonds is 7. The molecule has 0 aliphatic rings.